The number of carbonyl (C=O) groups is 2. The van der Waals surface area contributed by atoms with Crippen LogP contribution in [0.15, 0.2) is 30.3 Å². The second-order valence-electron chi connectivity index (χ2n) is 4.28. The van der Waals surface area contributed by atoms with Crippen molar-refractivity contribution in [2.75, 3.05) is 7.11 Å². The van der Waals surface area contributed by atoms with E-state index in [4.69, 9.17) is 4.74 Å². The van der Waals surface area contributed by atoms with Crippen molar-refractivity contribution in [2.24, 2.45) is 0 Å². The minimum Gasteiger partial charge on any atom is -0.466 e. The zero-order valence-corrected chi connectivity index (χ0v) is 11.4. The van der Waals surface area contributed by atoms with Gasteiger partial charge in [0, 0.05) is 0 Å². The summed E-state index contributed by atoms with van der Waals surface area (Å²) < 4.78 is 9.89. The number of carbonyl (C=O) groups excluding carboxylic acids is 2. The number of benzene rings is 1. The molecular formula is C15H20O4. The molecular weight excluding hydrogens is 244 g/mol. The van der Waals surface area contributed by atoms with Crippen LogP contribution in [-0.4, -0.2) is 25.2 Å². The summed E-state index contributed by atoms with van der Waals surface area (Å²) in [5, 5.41) is 0. The lowest BCUT2D eigenvalue weighted by Crippen LogP contribution is -2.28. The van der Waals surface area contributed by atoms with Crippen LogP contribution in [0.4, 0.5) is 0 Å². The molecule has 1 aromatic rings. The number of hydrogen-bond donors (Lipinski definition) is 0. The van der Waals surface area contributed by atoms with E-state index in [1.54, 1.807) is 24.3 Å². The minimum absolute atomic E-state index is 0.437. The average Bonchev–Trinajstić information content (AvgIpc) is 2.46. The molecule has 0 aliphatic rings. The van der Waals surface area contributed by atoms with Crippen LogP contribution in [0, 0.1) is 0 Å². The Hall–Kier alpha value is -1.84. The molecule has 0 radical (unpaired) electrons. The fourth-order valence-corrected chi connectivity index (χ4v) is 1.71. The van der Waals surface area contributed by atoms with Crippen LogP contribution in [0.1, 0.15) is 43.0 Å². The van der Waals surface area contributed by atoms with E-state index in [9.17, 15) is 9.59 Å². The molecule has 0 spiro atoms. The van der Waals surface area contributed by atoms with E-state index in [1.807, 2.05) is 6.07 Å². The summed E-state index contributed by atoms with van der Waals surface area (Å²) in [6.07, 6.45) is 2.55. The van der Waals surface area contributed by atoms with E-state index in [0.717, 1.165) is 19.3 Å². The molecule has 0 aliphatic carbocycles. The fraction of sp³-hybridized carbons (Fsp3) is 0.467. The van der Waals surface area contributed by atoms with Gasteiger partial charge in [-0.25, -0.2) is 9.59 Å². The molecule has 19 heavy (non-hydrogen) atoms. The summed E-state index contributed by atoms with van der Waals surface area (Å²) in [6, 6.07) is 8.63. The van der Waals surface area contributed by atoms with Gasteiger partial charge in [0.15, 0.2) is 6.10 Å². The van der Waals surface area contributed by atoms with Gasteiger partial charge in [0.1, 0.15) is 0 Å². The highest BCUT2D eigenvalue weighted by molar-refractivity contribution is 5.91. The lowest BCUT2D eigenvalue weighted by atomic mass is 10.1. The Balaban J connectivity index is 2.61. The van der Waals surface area contributed by atoms with E-state index in [0.29, 0.717) is 12.0 Å². The molecule has 0 aromatic heterocycles. The van der Waals surface area contributed by atoms with Crippen LogP contribution in [0.5, 0.6) is 0 Å². The maximum absolute atomic E-state index is 11.9. The maximum atomic E-state index is 11.9. The molecule has 1 rings (SSSR count). The number of ether oxygens (including phenoxy) is 2. The van der Waals surface area contributed by atoms with E-state index >= 15 is 0 Å². The van der Waals surface area contributed by atoms with Crippen LogP contribution in [0.25, 0.3) is 0 Å². The SMILES string of the molecule is CCCCCC(OC(=O)c1ccccc1)C(=O)OC. The molecule has 0 bridgehead atoms. The van der Waals surface area contributed by atoms with Crippen molar-refractivity contribution in [2.45, 2.75) is 38.7 Å². The van der Waals surface area contributed by atoms with Gasteiger partial charge in [-0.3, -0.25) is 0 Å². The molecule has 0 saturated carbocycles. The van der Waals surface area contributed by atoms with Gasteiger partial charge in [-0.15, -0.1) is 0 Å². The molecule has 1 aromatic carbocycles. The Labute approximate surface area is 113 Å². The summed E-state index contributed by atoms with van der Waals surface area (Å²) in [5.74, 6) is -0.993. The highest BCUT2D eigenvalue weighted by Gasteiger charge is 2.23. The summed E-state index contributed by atoms with van der Waals surface area (Å²) in [7, 11) is 1.30. The lowest BCUT2D eigenvalue weighted by Gasteiger charge is -2.15. The number of unbranched alkanes of at least 4 members (excludes halogenated alkanes) is 2. The van der Waals surface area contributed by atoms with Gasteiger partial charge in [0.05, 0.1) is 12.7 Å². The highest BCUT2D eigenvalue weighted by atomic mass is 16.6. The highest BCUT2D eigenvalue weighted by Crippen LogP contribution is 2.11. The number of rotatable bonds is 7. The van der Waals surface area contributed by atoms with Crippen molar-refractivity contribution < 1.29 is 19.1 Å². The topological polar surface area (TPSA) is 52.6 Å². The molecule has 0 fully saturated rings. The zero-order valence-electron chi connectivity index (χ0n) is 11.4. The van der Waals surface area contributed by atoms with Crippen LogP contribution >= 0.6 is 0 Å². The van der Waals surface area contributed by atoms with E-state index in [2.05, 4.69) is 11.7 Å². The van der Waals surface area contributed by atoms with Crippen LogP contribution in [0.2, 0.25) is 0 Å². The van der Waals surface area contributed by atoms with Crippen molar-refractivity contribution in [1.82, 2.24) is 0 Å². The summed E-state index contributed by atoms with van der Waals surface area (Å²) >= 11 is 0. The summed E-state index contributed by atoms with van der Waals surface area (Å²) in [5.41, 5.74) is 0.437. The van der Waals surface area contributed by atoms with Crippen LogP contribution in [-0.2, 0) is 14.3 Å². The van der Waals surface area contributed by atoms with Crippen molar-refractivity contribution in [3.8, 4) is 0 Å². The van der Waals surface area contributed by atoms with E-state index < -0.39 is 18.0 Å². The Morgan fingerprint density at radius 1 is 1.16 bits per heavy atom. The van der Waals surface area contributed by atoms with Crippen molar-refractivity contribution >= 4 is 11.9 Å². The van der Waals surface area contributed by atoms with Gasteiger partial charge >= 0.3 is 11.9 Å². The monoisotopic (exact) mass is 264 g/mol. The van der Waals surface area contributed by atoms with E-state index in [1.165, 1.54) is 7.11 Å². The quantitative estimate of drug-likeness (QED) is 0.561. The maximum Gasteiger partial charge on any atom is 0.347 e. The molecule has 0 heterocycles. The lowest BCUT2D eigenvalue weighted by molar-refractivity contribution is -0.151. The number of esters is 2. The Morgan fingerprint density at radius 2 is 1.84 bits per heavy atom. The summed E-state index contributed by atoms with van der Waals surface area (Å²) in [4.78, 5) is 23.5. The third-order valence-electron chi connectivity index (χ3n) is 2.79. The predicted octanol–water partition coefficient (Wildman–Crippen LogP) is 2.97. The first-order valence-electron chi connectivity index (χ1n) is 6.53. The second-order valence-corrected chi connectivity index (χ2v) is 4.28. The van der Waals surface area contributed by atoms with Crippen molar-refractivity contribution in [3.63, 3.8) is 0 Å². The second kappa shape index (κ2) is 8.29. The van der Waals surface area contributed by atoms with Crippen molar-refractivity contribution in [3.05, 3.63) is 35.9 Å². The molecule has 1 atom stereocenters. The molecule has 0 N–H and O–H groups in total. The largest absolute Gasteiger partial charge is 0.466 e. The molecule has 4 heteroatoms. The molecule has 0 amide bonds. The van der Waals surface area contributed by atoms with Gasteiger partial charge in [0.25, 0.3) is 0 Å². The standard InChI is InChI=1S/C15H20O4/c1-3-4-6-11-13(15(17)18-2)19-14(16)12-9-7-5-8-10-12/h5,7-10,13H,3-4,6,11H2,1-2H3. The number of methoxy groups -OCH3 is 1. The van der Waals surface area contributed by atoms with Gasteiger partial charge in [-0.2, -0.15) is 0 Å². The molecule has 104 valence electrons. The fourth-order valence-electron chi connectivity index (χ4n) is 1.71. The predicted molar refractivity (Wildman–Crippen MR) is 71.8 cm³/mol. The Bertz CT molecular complexity index is 400. The first kappa shape index (κ1) is 15.2. The average molecular weight is 264 g/mol. The van der Waals surface area contributed by atoms with E-state index in [-0.39, 0.29) is 0 Å². The molecule has 0 saturated heterocycles. The molecule has 0 aliphatic heterocycles. The minimum atomic E-state index is -0.816. The molecule has 4 nitrogen and oxygen atoms in total. The third-order valence-corrected chi connectivity index (χ3v) is 2.79. The summed E-state index contributed by atoms with van der Waals surface area (Å²) in [6.45, 7) is 2.07. The van der Waals surface area contributed by atoms with Gasteiger partial charge in [0.2, 0.25) is 0 Å². The first-order valence-corrected chi connectivity index (χ1v) is 6.53. The Kier molecular flexibility index (Phi) is 6.64. The van der Waals surface area contributed by atoms with Crippen LogP contribution < -0.4 is 0 Å². The van der Waals surface area contributed by atoms with Crippen molar-refractivity contribution in [1.29, 1.82) is 0 Å². The first-order chi connectivity index (χ1) is 9.19. The smallest absolute Gasteiger partial charge is 0.347 e. The molecule has 1 unspecified atom stereocenters. The van der Waals surface area contributed by atoms with Gasteiger partial charge < -0.3 is 9.47 Å². The Morgan fingerprint density at radius 3 is 2.42 bits per heavy atom. The zero-order chi connectivity index (χ0) is 14.1. The number of hydrogen-bond acceptors (Lipinski definition) is 4. The van der Waals surface area contributed by atoms with Gasteiger partial charge in [-0.05, 0) is 25.0 Å². The van der Waals surface area contributed by atoms with Crippen LogP contribution in [0.3, 0.4) is 0 Å². The third kappa shape index (κ3) is 5.12. The van der Waals surface area contributed by atoms with Gasteiger partial charge in [-0.1, -0.05) is 38.0 Å². The normalized spacial score (nSPS) is 11.7.